The molecule has 130 valence electrons. The minimum Gasteiger partial charge on any atom is -0.410 e. The van der Waals surface area contributed by atoms with Gasteiger partial charge in [-0.15, -0.1) is 10.2 Å². The lowest BCUT2D eigenvalue weighted by molar-refractivity contribution is -0.894. The monoisotopic (exact) mass is 344 g/mol. The Bertz CT molecular complexity index is 506. The molecule has 2 amide bonds. The summed E-state index contributed by atoms with van der Waals surface area (Å²) in [6.07, 6.45) is 1.75. The van der Waals surface area contributed by atoms with Gasteiger partial charge in [0.2, 0.25) is 11.8 Å². The Balaban J connectivity index is 2.36. The maximum Gasteiger partial charge on any atom is 0.277 e. The largest absolute Gasteiger partial charge is 0.410 e. The standard InChI is InChI=1S/C14H25N5O3S/c1-5-7-15-11(20)8-16-12(21)9-23-14-18-17-13(22-14)10(6-2)19(3)4/h10H,5-9H2,1-4H3,(H,15,20)(H,16,21)/p+1/t10-/m1/s1. The van der Waals surface area contributed by atoms with Crippen LogP contribution in [0.2, 0.25) is 0 Å². The smallest absolute Gasteiger partial charge is 0.277 e. The first-order chi connectivity index (χ1) is 11.0. The minimum atomic E-state index is -0.244. The number of aromatic nitrogens is 2. The molecule has 0 bridgehead atoms. The van der Waals surface area contributed by atoms with Crippen LogP contribution in [0, 0.1) is 0 Å². The summed E-state index contributed by atoms with van der Waals surface area (Å²) in [5.74, 6) is 0.278. The predicted molar refractivity (Wildman–Crippen MR) is 87.2 cm³/mol. The van der Waals surface area contributed by atoms with E-state index in [4.69, 9.17) is 4.42 Å². The molecule has 1 aromatic heterocycles. The topological polar surface area (TPSA) is 102 Å². The third-order valence-electron chi connectivity index (χ3n) is 3.17. The van der Waals surface area contributed by atoms with Crippen molar-refractivity contribution >= 4 is 23.6 Å². The molecular formula is C14H26N5O3S+. The number of rotatable bonds is 10. The van der Waals surface area contributed by atoms with Crippen LogP contribution >= 0.6 is 11.8 Å². The van der Waals surface area contributed by atoms with Gasteiger partial charge in [-0.1, -0.05) is 25.6 Å². The zero-order valence-corrected chi connectivity index (χ0v) is 15.0. The first-order valence-corrected chi connectivity index (χ1v) is 8.76. The van der Waals surface area contributed by atoms with E-state index in [0.29, 0.717) is 17.7 Å². The molecule has 0 aliphatic heterocycles. The van der Waals surface area contributed by atoms with Crippen molar-refractivity contribution in [2.75, 3.05) is 32.9 Å². The second-order valence-electron chi connectivity index (χ2n) is 5.36. The molecule has 0 aliphatic carbocycles. The number of hydrogen-bond donors (Lipinski definition) is 3. The Morgan fingerprint density at radius 1 is 1.22 bits per heavy atom. The summed E-state index contributed by atoms with van der Waals surface area (Å²) in [4.78, 5) is 24.3. The molecule has 0 radical (unpaired) electrons. The van der Waals surface area contributed by atoms with Crippen molar-refractivity contribution in [3.05, 3.63) is 5.89 Å². The molecule has 1 heterocycles. The van der Waals surface area contributed by atoms with Gasteiger partial charge in [0.05, 0.1) is 26.4 Å². The van der Waals surface area contributed by atoms with Crippen molar-refractivity contribution in [3.63, 3.8) is 0 Å². The van der Waals surface area contributed by atoms with Gasteiger partial charge in [-0.05, 0) is 6.42 Å². The lowest BCUT2D eigenvalue weighted by Crippen LogP contribution is -3.06. The molecule has 3 N–H and O–H groups in total. The third kappa shape index (κ3) is 7.00. The molecule has 1 rings (SSSR count). The Morgan fingerprint density at radius 3 is 2.57 bits per heavy atom. The first-order valence-electron chi connectivity index (χ1n) is 7.77. The molecule has 9 heteroatoms. The average molecular weight is 344 g/mol. The van der Waals surface area contributed by atoms with Crippen molar-refractivity contribution in [1.82, 2.24) is 20.8 Å². The van der Waals surface area contributed by atoms with Gasteiger partial charge in [0.15, 0.2) is 6.04 Å². The lowest BCUT2D eigenvalue weighted by Gasteiger charge is -2.15. The van der Waals surface area contributed by atoms with Gasteiger partial charge in [-0.2, -0.15) is 0 Å². The fourth-order valence-electron chi connectivity index (χ4n) is 1.93. The van der Waals surface area contributed by atoms with Crippen LogP contribution in [-0.4, -0.2) is 54.9 Å². The average Bonchev–Trinajstić information content (AvgIpc) is 2.97. The number of hydrogen-bond acceptors (Lipinski definition) is 6. The summed E-state index contributed by atoms with van der Waals surface area (Å²) in [6, 6.07) is 0.146. The van der Waals surface area contributed by atoms with Crippen LogP contribution in [0.1, 0.15) is 38.6 Å². The number of carbonyl (C=O) groups is 2. The quantitative estimate of drug-likeness (QED) is 0.490. The van der Waals surface area contributed by atoms with Crippen molar-refractivity contribution in [3.8, 4) is 0 Å². The molecule has 0 saturated carbocycles. The van der Waals surface area contributed by atoms with E-state index in [-0.39, 0.29) is 30.2 Å². The van der Waals surface area contributed by atoms with Gasteiger partial charge in [0.1, 0.15) is 0 Å². The Hall–Kier alpha value is -1.61. The van der Waals surface area contributed by atoms with E-state index in [1.54, 1.807) is 0 Å². The van der Waals surface area contributed by atoms with E-state index in [0.717, 1.165) is 12.8 Å². The van der Waals surface area contributed by atoms with E-state index in [1.165, 1.54) is 16.7 Å². The van der Waals surface area contributed by atoms with Gasteiger partial charge in [-0.25, -0.2) is 0 Å². The summed E-state index contributed by atoms with van der Waals surface area (Å²) in [7, 11) is 4.06. The van der Waals surface area contributed by atoms with Crippen LogP contribution in [-0.2, 0) is 9.59 Å². The van der Waals surface area contributed by atoms with E-state index in [9.17, 15) is 9.59 Å². The normalized spacial score (nSPS) is 12.2. The fourth-order valence-corrected chi connectivity index (χ4v) is 2.53. The van der Waals surface area contributed by atoms with Crippen molar-refractivity contribution in [2.45, 2.75) is 38.0 Å². The molecule has 0 unspecified atom stereocenters. The third-order valence-corrected chi connectivity index (χ3v) is 3.99. The molecule has 23 heavy (non-hydrogen) atoms. The van der Waals surface area contributed by atoms with Gasteiger partial charge >= 0.3 is 0 Å². The zero-order valence-electron chi connectivity index (χ0n) is 14.1. The molecule has 1 aromatic rings. The van der Waals surface area contributed by atoms with Crippen LogP contribution in [0.25, 0.3) is 0 Å². The van der Waals surface area contributed by atoms with Gasteiger partial charge in [0, 0.05) is 13.0 Å². The lowest BCUT2D eigenvalue weighted by atomic mass is 10.2. The second kappa shape index (κ2) is 10.2. The van der Waals surface area contributed by atoms with E-state index in [2.05, 4.69) is 27.8 Å². The number of quaternary nitrogens is 1. The van der Waals surface area contributed by atoms with Crippen LogP contribution in [0.4, 0.5) is 0 Å². The molecule has 8 nitrogen and oxygen atoms in total. The predicted octanol–water partition coefficient (Wildman–Crippen LogP) is -0.600. The summed E-state index contributed by atoms with van der Waals surface area (Å²) < 4.78 is 5.59. The summed E-state index contributed by atoms with van der Waals surface area (Å²) in [6.45, 7) is 4.62. The first kappa shape index (κ1) is 19.4. The van der Waals surface area contributed by atoms with Crippen LogP contribution < -0.4 is 15.5 Å². The summed E-state index contributed by atoms with van der Waals surface area (Å²) in [5, 5.41) is 13.6. The van der Waals surface area contributed by atoms with Crippen LogP contribution in [0.5, 0.6) is 0 Å². The number of nitrogens with zero attached hydrogens (tertiary/aromatic N) is 2. The maximum absolute atomic E-state index is 11.7. The van der Waals surface area contributed by atoms with Gasteiger partial charge in [-0.3, -0.25) is 9.59 Å². The number of carbonyl (C=O) groups excluding carboxylic acids is 2. The minimum absolute atomic E-state index is 0.0175. The zero-order chi connectivity index (χ0) is 17.2. The molecule has 0 aliphatic rings. The van der Waals surface area contributed by atoms with E-state index >= 15 is 0 Å². The Morgan fingerprint density at radius 2 is 1.96 bits per heavy atom. The molecule has 1 atom stereocenters. The molecule has 0 aromatic carbocycles. The molecular weight excluding hydrogens is 318 g/mol. The van der Waals surface area contributed by atoms with Crippen molar-refractivity contribution in [1.29, 1.82) is 0 Å². The highest BCUT2D eigenvalue weighted by Gasteiger charge is 2.22. The SMILES string of the molecule is CCCNC(=O)CNC(=O)CSc1nnc([C@@H](CC)[NH+](C)C)o1. The van der Waals surface area contributed by atoms with Gasteiger partial charge in [0.25, 0.3) is 11.1 Å². The van der Waals surface area contributed by atoms with E-state index in [1.807, 2.05) is 21.0 Å². The number of amides is 2. The highest BCUT2D eigenvalue weighted by atomic mass is 32.2. The van der Waals surface area contributed by atoms with Crippen molar-refractivity contribution < 1.29 is 18.9 Å². The number of thioether (sulfide) groups is 1. The summed E-state index contributed by atoms with van der Waals surface area (Å²) >= 11 is 1.17. The van der Waals surface area contributed by atoms with Crippen LogP contribution in [0.3, 0.4) is 0 Å². The highest BCUT2D eigenvalue weighted by molar-refractivity contribution is 7.99. The second-order valence-corrected chi connectivity index (χ2v) is 6.29. The van der Waals surface area contributed by atoms with E-state index < -0.39 is 0 Å². The maximum atomic E-state index is 11.7. The molecule has 0 spiro atoms. The van der Waals surface area contributed by atoms with Crippen molar-refractivity contribution in [2.24, 2.45) is 0 Å². The summed E-state index contributed by atoms with van der Waals surface area (Å²) in [5.41, 5.74) is 0. The van der Waals surface area contributed by atoms with Gasteiger partial charge < -0.3 is 20.0 Å². The van der Waals surface area contributed by atoms with Crippen LogP contribution in [0.15, 0.2) is 9.64 Å². The Kier molecular flexibility index (Phi) is 8.64. The molecule has 0 saturated heterocycles. The fraction of sp³-hybridized carbons (Fsp3) is 0.714. The molecule has 0 fully saturated rings. The Labute approximate surface area is 140 Å². The number of nitrogens with one attached hydrogen (secondary N) is 3. The highest BCUT2D eigenvalue weighted by Crippen LogP contribution is 2.19.